The van der Waals surface area contributed by atoms with Crippen LogP contribution in [0.2, 0.25) is 0 Å². The number of hydrogen-bond donors (Lipinski definition) is 0. The molecule has 0 aliphatic heterocycles. The summed E-state index contributed by atoms with van der Waals surface area (Å²) in [4.78, 5) is 2.46. The number of rotatable bonds is 8. The van der Waals surface area contributed by atoms with Crippen molar-refractivity contribution in [3.63, 3.8) is 0 Å². The van der Waals surface area contributed by atoms with Crippen LogP contribution in [0.25, 0.3) is 88.3 Å². The summed E-state index contributed by atoms with van der Waals surface area (Å²) < 4.78 is 0. The van der Waals surface area contributed by atoms with Crippen LogP contribution in [0.4, 0.5) is 17.1 Å². The topological polar surface area (TPSA) is 3.24 Å². The fourth-order valence-corrected chi connectivity index (χ4v) is 10.6. The Labute approximate surface area is 387 Å². The lowest BCUT2D eigenvalue weighted by Crippen LogP contribution is -2.15. The maximum absolute atomic E-state index is 2.46. The maximum atomic E-state index is 2.46. The van der Waals surface area contributed by atoms with E-state index in [4.69, 9.17) is 0 Å². The van der Waals surface area contributed by atoms with Gasteiger partial charge in [0.1, 0.15) is 0 Å². The number of para-hydroxylation sites is 1. The molecule has 0 bridgehead atoms. The molecule has 66 heavy (non-hydrogen) atoms. The predicted octanol–water partition coefficient (Wildman–Crippen LogP) is 18.1. The SMILES string of the molecule is CC1(C)c2ccccc2-c2ccc(-c3ccccc3N(c3cccc(-c4ccc(-c5ccccc5)c(-c5ccccc5)c4)c3)c3cccc(-c4cccc5c4ccc4ccccc45)c3)cc21. The highest BCUT2D eigenvalue weighted by Crippen LogP contribution is 2.51. The number of anilines is 3. The average Bonchev–Trinajstić information content (AvgIpc) is 3.61. The van der Waals surface area contributed by atoms with Gasteiger partial charge in [0.15, 0.2) is 0 Å². The molecule has 11 aromatic rings. The summed E-state index contributed by atoms with van der Waals surface area (Å²) in [5, 5.41) is 5.04. The lowest BCUT2D eigenvalue weighted by Gasteiger charge is -2.29. The standard InChI is InChI=1S/C65H47N/c1-65(2)62-32-13-11-29-59(62)60-39-36-50(43-63(60)65)56-28-12-14-33-64(56)66(52-26-16-24-49(41-52)54-30-17-31-57-53-27-10-9-22-46(53)34-38-58(54)57)51-25-15-23-47(40-51)48-35-37-55(44-18-5-3-6-19-44)61(42-48)45-20-7-4-8-21-45/h3-43H,1-2H3. The first kappa shape index (κ1) is 39.3. The minimum atomic E-state index is -0.113. The van der Waals surface area contributed by atoms with E-state index in [0.29, 0.717) is 0 Å². The smallest absolute Gasteiger partial charge is 0.0540 e. The number of benzene rings is 11. The second-order valence-corrected chi connectivity index (χ2v) is 18.1. The van der Waals surface area contributed by atoms with E-state index in [0.717, 1.165) is 22.6 Å². The molecule has 1 heteroatoms. The second-order valence-electron chi connectivity index (χ2n) is 18.1. The molecular formula is C65H47N. The van der Waals surface area contributed by atoms with Crippen LogP contribution >= 0.6 is 0 Å². The van der Waals surface area contributed by atoms with Crippen molar-refractivity contribution >= 4 is 38.6 Å². The van der Waals surface area contributed by atoms with Gasteiger partial charge in [-0.05, 0) is 136 Å². The largest absolute Gasteiger partial charge is 0.310 e. The van der Waals surface area contributed by atoms with Crippen molar-refractivity contribution < 1.29 is 0 Å². The highest BCUT2D eigenvalue weighted by molar-refractivity contribution is 6.12. The monoisotopic (exact) mass is 841 g/mol. The van der Waals surface area contributed by atoms with E-state index in [-0.39, 0.29) is 5.41 Å². The Morgan fingerprint density at radius 3 is 1.61 bits per heavy atom. The number of hydrogen-bond acceptors (Lipinski definition) is 1. The Balaban J connectivity index is 1.04. The van der Waals surface area contributed by atoms with Crippen molar-refractivity contribution in [3.8, 4) is 66.8 Å². The van der Waals surface area contributed by atoms with Crippen molar-refractivity contribution in [3.05, 3.63) is 260 Å². The quantitative estimate of drug-likeness (QED) is 0.138. The highest BCUT2D eigenvalue weighted by atomic mass is 15.1. The fourth-order valence-electron chi connectivity index (χ4n) is 10.6. The molecule has 1 aliphatic rings. The van der Waals surface area contributed by atoms with E-state index in [1.807, 2.05) is 0 Å². The summed E-state index contributed by atoms with van der Waals surface area (Å²) in [5.74, 6) is 0. The lowest BCUT2D eigenvalue weighted by atomic mass is 9.81. The normalized spacial score (nSPS) is 12.5. The van der Waals surface area contributed by atoms with Gasteiger partial charge in [0, 0.05) is 22.4 Å². The second kappa shape index (κ2) is 16.1. The zero-order valence-electron chi connectivity index (χ0n) is 37.1. The summed E-state index contributed by atoms with van der Waals surface area (Å²) >= 11 is 0. The third-order valence-electron chi connectivity index (χ3n) is 13.9. The fraction of sp³-hybridized carbons (Fsp3) is 0.0462. The average molecular weight is 842 g/mol. The summed E-state index contributed by atoms with van der Waals surface area (Å²) in [6.07, 6.45) is 0. The molecule has 0 N–H and O–H groups in total. The van der Waals surface area contributed by atoms with Crippen molar-refractivity contribution in [1.82, 2.24) is 0 Å². The minimum Gasteiger partial charge on any atom is -0.310 e. The number of fused-ring (bicyclic) bond motifs is 6. The van der Waals surface area contributed by atoms with Crippen LogP contribution in [0.3, 0.4) is 0 Å². The molecule has 0 heterocycles. The van der Waals surface area contributed by atoms with Crippen molar-refractivity contribution in [1.29, 1.82) is 0 Å². The molecule has 0 spiro atoms. The number of nitrogens with zero attached hydrogens (tertiary/aromatic N) is 1. The van der Waals surface area contributed by atoms with Crippen LogP contribution in [0.5, 0.6) is 0 Å². The molecule has 0 atom stereocenters. The van der Waals surface area contributed by atoms with Crippen LogP contribution in [0.15, 0.2) is 249 Å². The van der Waals surface area contributed by atoms with Gasteiger partial charge in [-0.3, -0.25) is 0 Å². The molecule has 1 aliphatic carbocycles. The molecule has 11 aromatic carbocycles. The Hall–Kier alpha value is -8.26. The molecule has 0 saturated heterocycles. The Morgan fingerprint density at radius 1 is 0.273 bits per heavy atom. The van der Waals surface area contributed by atoms with Crippen molar-refractivity contribution in [2.45, 2.75) is 19.3 Å². The highest BCUT2D eigenvalue weighted by Gasteiger charge is 2.35. The summed E-state index contributed by atoms with van der Waals surface area (Å²) in [6, 6.07) is 91.5. The molecule has 0 fully saturated rings. The predicted molar refractivity (Wildman–Crippen MR) is 281 cm³/mol. The van der Waals surface area contributed by atoms with Gasteiger partial charge in [-0.15, -0.1) is 0 Å². The van der Waals surface area contributed by atoms with Gasteiger partial charge in [-0.1, -0.05) is 220 Å². The Kier molecular flexibility index (Phi) is 9.58. The van der Waals surface area contributed by atoms with Gasteiger partial charge in [-0.25, -0.2) is 0 Å². The van der Waals surface area contributed by atoms with Crippen LogP contribution < -0.4 is 4.90 Å². The van der Waals surface area contributed by atoms with Gasteiger partial charge in [0.25, 0.3) is 0 Å². The molecule has 1 nitrogen and oxygen atoms in total. The van der Waals surface area contributed by atoms with E-state index in [1.165, 1.54) is 93.9 Å². The van der Waals surface area contributed by atoms with E-state index in [9.17, 15) is 0 Å². The van der Waals surface area contributed by atoms with Gasteiger partial charge < -0.3 is 4.90 Å². The van der Waals surface area contributed by atoms with Crippen LogP contribution in [0.1, 0.15) is 25.0 Å². The first-order valence-corrected chi connectivity index (χ1v) is 23.0. The first-order valence-electron chi connectivity index (χ1n) is 23.0. The van der Waals surface area contributed by atoms with E-state index in [1.54, 1.807) is 0 Å². The zero-order valence-corrected chi connectivity index (χ0v) is 37.1. The lowest BCUT2D eigenvalue weighted by molar-refractivity contribution is 0.660. The minimum absolute atomic E-state index is 0.113. The maximum Gasteiger partial charge on any atom is 0.0540 e. The molecule has 0 amide bonds. The Morgan fingerprint density at radius 2 is 0.803 bits per heavy atom. The summed E-state index contributed by atoms with van der Waals surface area (Å²) in [7, 11) is 0. The molecule has 0 aromatic heterocycles. The molecule has 0 saturated carbocycles. The van der Waals surface area contributed by atoms with E-state index >= 15 is 0 Å². The van der Waals surface area contributed by atoms with Gasteiger partial charge in [-0.2, -0.15) is 0 Å². The van der Waals surface area contributed by atoms with E-state index in [2.05, 4.69) is 267 Å². The molecule has 0 unspecified atom stereocenters. The van der Waals surface area contributed by atoms with Crippen molar-refractivity contribution in [2.75, 3.05) is 4.90 Å². The van der Waals surface area contributed by atoms with Gasteiger partial charge in [0.2, 0.25) is 0 Å². The summed E-state index contributed by atoms with van der Waals surface area (Å²) in [6.45, 7) is 4.73. The molecule has 312 valence electrons. The van der Waals surface area contributed by atoms with Gasteiger partial charge in [0.05, 0.1) is 5.69 Å². The van der Waals surface area contributed by atoms with Gasteiger partial charge >= 0.3 is 0 Å². The Bertz CT molecular complexity index is 3620. The first-order chi connectivity index (χ1) is 32.5. The van der Waals surface area contributed by atoms with Crippen LogP contribution in [-0.4, -0.2) is 0 Å². The van der Waals surface area contributed by atoms with E-state index < -0.39 is 0 Å². The third kappa shape index (κ3) is 6.71. The van der Waals surface area contributed by atoms with Crippen LogP contribution in [0, 0.1) is 0 Å². The van der Waals surface area contributed by atoms with Crippen LogP contribution in [-0.2, 0) is 5.41 Å². The van der Waals surface area contributed by atoms with Crippen molar-refractivity contribution in [2.24, 2.45) is 0 Å². The molecule has 0 radical (unpaired) electrons. The molecule has 12 rings (SSSR count). The zero-order chi connectivity index (χ0) is 44.2. The third-order valence-corrected chi connectivity index (χ3v) is 13.9. The summed E-state index contributed by atoms with van der Waals surface area (Å²) in [5.41, 5.74) is 20.5. The molecular weight excluding hydrogens is 795 g/mol.